The summed E-state index contributed by atoms with van der Waals surface area (Å²) in [7, 11) is 0. The molecule has 0 aromatic carbocycles. The summed E-state index contributed by atoms with van der Waals surface area (Å²) >= 11 is 0. The lowest BCUT2D eigenvalue weighted by Crippen LogP contribution is -2.40. The van der Waals surface area contributed by atoms with Gasteiger partial charge in [-0.05, 0) is 44.4 Å². The number of hydrogen-bond acceptors (Lipinski definition) is 4. The second kappa shape index (κ2) is 7.43. The molecule has 2 saturated carbocycles. The number of rotatable bonds is 11. The zero-order valence-corrected chi connectivity index (χ0v) is 11.4. The van der Waals surface area contributed by atoms with Gasteiger partial charge in [0.15, 0.2) is 0 Å². The Bertz CT molecular complexity index is 217. The molecule has 4 nitrogen and oxygen atoms in total. The Morgan fingerprint density at radius 1 is 1.11 bits per heavy atom. The third kappa shape index (κ3) is 5.22. The van der Waals surface area contributed by atoms with Gasteiger partial charge in [-0.25, -0.2) is 0 Å². The molecular formula is C14H27NO3. The first-order valence-corrected chi connectivity index (χ1v) is 7.38. The highest BCUT2D eigenvalue weighted by Gasteiger charge is 2.41. The van der Waals surface area contributed by atoms with Gasteiger partial charge in [-0.3, -0.25) is 0 Å². The summed E-state index contributed by atoms with van der Waals surface area (Å²) in [4.78, 5) is 0. The van der Waals surface area contributed by atoms with Gasteiger partial charge >= 0.3 is 0 Å². The largest absolute Gasteiger partial charge is 0.389 e. The maximum Gasteiger partial charge on any atom is 0.0897 e. The summed E-state index contributed by atoms with van der Waals surface area (Å²) in [5.41, 5.74) is 0. The molecule has 2 rings (SSSR count). The summed E-state index contributed by atoms with van der Waals surface area (Å²) in [6, 6.07) is 0.656. The molecule has 0 radical (unpaired) electrons. The van der Waals surface area contributed by atoms with Gasteiger partial charge in [0, 0.05) is 19.2 Å². The fourth-order valence-electron chi connectivity index (χ4n) is 2.44. The Kier molecular flexibility index (Phi) is 5.89. The van der Waals surface area contributed by atoms with E-state index in [1.165, 1.54) is 25.7 Å². The number of aliphatic hydroxyl groups is 1. The Hall–Kier alpha value is -0.160. The van der Waals surface area contributed by atoms with Crippen LogP contribution < -0.4 is 5.32 Å². The lowest BCUT2D eigenvalue weighted by Gasteiger charge is -2.20. The molecule has 0 saturated heterocycles. The lowest BCUT2D eigenvalue weighted by atomic mass is 10.1. The van der Waals surface area contributed by atoms with Crippen molar-refractivity contribution >= 4 is 0 Å². The first-order chi connectivity index (χ1) is 8.81. The van der Waals surface area contributed by atoms with Crippen molar-refractivity contribution in [3.05, 3.63) is 0 Å². The summed E-state index contributed by atoms with van der Waals surface area (Å²) in [5.74, 6) is 1.76. The van der Waals surface area contributed by atoms with Crippen LogP contribution in [0, 0.1) is 11.8 Å². The van der Waals surface area contributed by atoms with E-state index in [1.54, 1.807) is 0 Å². The van der Waals surface area contributed by atoms with Gasteiger partial charge < -0.3 is 19.9 Å². The molecule has 4 heteroatoms. The lowest BCUT2D eigenvalue weighted by molar-refractivity contribution is 0.00531. The number of aliphatic hydroxyl groups excluding tert-OH is 1. The quantitative estimate of drug-likeness (QED) is 0.546. The predicted octanol–water partition coefficient (Wildman–Crippen LogP) is 1.18. The van der Waals surface area contributed by atoms with Crippen LogP contribution in [0.25, 0.3) is 0 Å². The minimum absolute atomic E-state index is 0.397. The van der Waals surface area contributed by atoms with E-state index in [0.717, 1.165) is 18.4 Å². The molecule has 0 aromatic heterocycles. The number of hydrogen-bond donors (Lipinski definition) is 2. The maximum atomic E-state index is 9.83. The zero-order chi connectivity index (χ0) is 12.8. The smallest absolute Gasteiger partial charge is 0.0897 e. The SMILES string of the molecule is CCOCCOCC(O)CNC(C1CC1)C1CC1. The normalized spacial score (nSPS) is 21.5. The molecule has 0 bridgehead atoms. The Morgan fingerprint density at radius 3 is 2.28 bits per heavy atom. The van der Waals surface area contributed by atoms with Crippen LogP contribution in [-0.2, 0) is 9.47 Å². The van der Waals surface area contributed by atoms with Crippen LogP contribution in [0.15, 0.2) is 0 Å². The Labute approximate surface area is 110 Å². The van der Waals surface area contributed by atoms with E-state index in [-0.39, 0.29) is 0 Å². The van der Waals surface area contributed by atoms with Gasteiger partial charge in [0.1, 0.15) is 0 Å². The van der Waals surface area contributed by atoms with Crippen LogP contribution >= 0.6 is 0 Å². The third-order valence-corrected chi connectivity index (χ3v) is 3.74. The molecule has 2 fully saturated rings. The van der Waals surface area contributed by atoms with Crippen LogP contribution in [0.4, 0.5) is 0 Å². The fraction of sp³-hybridized carbons (Fsp3) is 1.00. The first kappa shape index (κ1) is 14.3. The van der Waals surface area contributed by atoms with E-state index >= 15 is 0 Å². The van der Waals surface area contributed by atoms with Gasteiger partial charge in [0.2, 0.25) is 0 Å². The molecule has 2 N–H and O–H groups in total. The average Bonchev–Trinajstić information content (AvgIpc) is 3.22. The third-order valence-electron chi connectivity index (χ3n) is 3.74. The molecule has 0 heterocycles. The van der Waals surface area contributed by atoms with Gasteiger partial charge in [-0.2, -0.15) is 0 Å². The molecule has 0 aromatic rings. The van der Waals surface area contributed by atoms with E-state index in [0.29, 0.717) is 32.4 Å². The molecule has 2 aliphatic carbocycles. The van der Waals surface area contributed by atoms with Crippen molar-refractivity contribution in [1.82, 2.24) is 5.32 Å². The summed E-state index contributed by atoms with van der Waals surface area (Å²) in [6.07, 6.45) is 5.08. The molecule has 106 valence electrons. The van der Waals surface area contributed by atoms with Crippen LogP contribution in [0.3, 0.4) is 0 Å². The van der Waals surface area contributed by atoms with E-state index in [4.69, 9.17) is 9.47 Å². The highest BCUT2D eigenvalue weighted by Crippen LogP contribution is 2.44. The highest BCUT2D eigenvalue weighted by atomic mass is 16.5. The maximum absolute atomic E-state index is 9.83. The second-order valence-corrected chi connectivity index (χ2v) is 5.53. The summed E-state index contributed by atoms with van der Waals surface area (Å²) in [5, 5.41) is 13.4. The van der Waals surface area contributed by atoms with Crippen molar-refractivity contribution in [2.24, 2.45) is 11.8 Å². The van der Waals surface area contributed by atoms with Gasteiger partial charge in [-0.15, -0.1) is 0 Å². The van der Waals surface area contributed by atoms with Gasteiger partial charge in [0.05, 0.1) is 25.9 Å². The van der Waals surface area contributed by atoms with Crippen LogP contribution in [-0.4, -0.2) is 50.2 Å². The molecule has 0 spiro atoms. The minimum Gasteiger partial charge on any atom is -0.389 e. The monoisotopic (exact) mass is 257 g/mol. The van der Waals surface area contributed by atoms with E-state index in [9.17, 15) is 5.11 Å². The van der Waals surface area contributed by atoms with E-state index in [2.05, 4.69) is 5.32 Å². The predicted molar refractivity (Wildman–Crippen MR) is 70.6 cm³/mol. The van der Waals surface area contributed by atoms with Gasteiger partial charge in [0.25, 0.3) is 0 Å². The van der Waals surface area contributed by atoms with E-state index in [1.807, 2.05) is 6.92 Å². The Balaban J connectivity index is 1.49. The van der Waals surface area contributed by atoms with Crippen LogP contribution in [0.1, 0.15) is 32.6 Å². The van der Waals surface area contributed by atoms with Gasteiger partial charge in [-0.1, -0.05) is 0 Å². The van der Waals surface area contributed by atoms with Crippen molar-refractivity contribution in [1.29, 1.82) is 0 Å². The average molecular weight is 257 g/mol. The topological polar surface area (TPSA) is 50.7 Å². The molecule has 0 amide bonds. The van der Waals surface area contributed by atoms with Crippen LogP contribution in [0.5, 0.6) is 0 Å². The van der Waals surface area contributed by atoms with Crippen molar-refractivity contribution < 1.29 is 14.6 Å². The molecule has 1 unspecified atom stereocenters. The van der Waals surface area contributed by atoms with Crippen molar-refractivity contribution in [3.63, 3.8) is 0 Å². The number of ether oxygens (including phenoxy) is 2. The summed E-state index contributed by atoms with van der Waals surface area (Å²) in [6.45, 7) is 4.93. The summed E-state index contributed by atoms with van der Waals surface area (Å²) < 4.78 is 10.5. The highest BCUT2D eigenvalue weighted by molar-refractivity contribution is 4.96. The second-order valence-electron chi connectivity index (χ2n) is 5.53. The van der Waals surface area contributed by atoms with Crippen LogP contribution in [0.2, 0.25) is 0 Å². The molecule has 1 atom stereocenters. The zero-order valence-electron chi connectivity index (χ0n) is 11.4. The molecule has 0 aliphatic heterocycles. The number of nitrogens with one attached hydrogen (secondary N) is 1. The molecule has 18 heavy (non-hydrogen) atoms. The van der Waals surface area contributed by atoms with Crippen molar-refractivity contribution in [2.75, 3.05) is 33.0 Å². The first-order valence-electron chi connectivity index (χ1n) is 7.38. The standard InChI is InChI=1S/C14H27NO3/c1-2-17-7-8-18-10-13(16)9-15-14(11-3-4-11)12-5-6-12/h11-16H,2-10H2,1H3. The van der Waals surface area contributed by atoms with Crippen molar-refractivity contribution in [2.45, 2.75) is 44.8 Å². The molecule has 2 aliphatic rings. The van der Waals surface area contributed by atoms with E-state index < -0.39 is 6.10 Å². The Morgan fingerprint density at radius 2 is 1.72 bits per heavy atom. The minimum atomic E-state index is -0.397. The fourth-order valence-corrected chi connectivity index (χ4v) is 2.44. The van der Waals surface area contributed by atoms with Crippen molar-refractivity contribution in [3.8, 4) is 0 Å². The molecular weight excluding hydrogens is 230 g/mol.